The number of allylic oxidation sites excluding steroid dienone is 1. The molecule has 0 aliphatic carbocycles. The SMILES string of the molecule is FC(F)(F)C(F)(F)OC1(F)OC=CC(F)(F)C1(F)F. The third-order valence-electron chi connectivity index (χ3n) is 1.88. The summed E-state index contributed by atoms with van der Waals surface area (Å²) < 4.78 is 129. The fourth-order valence-corrected chi connectivity index (χ4v) is 0.896. The quantitative estimate of drug-likeness (QED) is 0.726. The van der Waals surface area contributed by atoms with Crippen LogP contribution in [0.2, 0.25) is 0 Å². The first kappa shape index (κ1) is 15.9. The van der Waals surface area contributed by atoms with Gasteiger partial charge in [0.2, 0.25) is 0 Å². The van der Waals surface area contributed by atoms with Gasteiger partial charge in [-0.2, -0.15) is 43.9 Å². The van der Waals surface area contributed by atoms with Gasteiger partial charge in [0, 0.05) is 6.08 Å². The molecule has 0 bridgehead atoms. The predicted molar refractivity (Wildman–Crippen MR) is 36.0 cm³/mol. The fraction of sp³-hybridized carbons (Fsp3) is 0.714. The molecular formula is C7H2F10O2. The van der Waals surface area contributed by atoms with Gasteiger partial charge in [-0.15, -0.1) is 0 Å². The number of rotatable bonds is 2. The maximum absolute atomic E-state index is 13.2. The monoisotopic (exact) mass is 308 g/mol. The highest BCUT2D eigenvalue weighted by Crippen LogP contribution is 2.52. The zero-order valence-electron chi connectivity index (χ0n) is 8.25. The van der Waals surface area contributed by atoms with Crippen molar-refractivity contribution in [2.45, 2.75) is 30.2 Å². The molecule has 112 valence electrons. The second kappa shape index (κ2) is 3.90. The zero-order valence-corrected chi connectivity index (χ0v) is 8.25. The predicted octanol–water partition coefficient (Wildman–Crippen LogP) is 3.60. The summed E-state index contributed by atoms with van der Waals surface area (Å²) in [5, 5.41) is 0. The van der Waals surface area contributed by atoms with Crippen LogP contribution in [0.3, 0.4) is 0 Å². The molecule has 12 heteroatoms. The van der Waals surface area contributed by atoms with E-state index < -0.39 is 42.5 Å². The van der Waals surface area contributed by atoms with Crippen LogP contribution in [0.5, 0.6) is 0 Å². The molecule has 1 heterocycles. The highest BCUT2D eigenvalue weighted by Gasteiger charge is 2.79. The van der Waals surface area contributed by atoms with Crippen molar-refractivity contribution < 1.29 is 53.4 Å². The van der Waals surface area contributed by atoms with Crippen molar-refractivity contribution in [2.24, 2.45) is 0 Å². The zero-order chi connectivity index (χ0) is 15.3. The van der Waals surface area contributed by atoms with Crippen molar-refractivity contribution in [3.05, 3.63) is 12.3 Å². The molecule has 19 heavy (non-hydrogen) atoms. The van der Waals surface area contributed by atoms with Crippen molar-refractivity contribution in [2.75, 3.05) is 0 Å². The third kappa shape index (κ3) is 2.32. The van der Waals surface area contributed by atoms with Crippen molar-refractivity contribution >= 4 is 0 Å². The van der Waals surface area contributed by atoms with Gasteiger partial charge in [-0.3, -0.25) is 0 Å². The van der Waals surface area contributed by atoms with E-state index in [9.17, 15) is 43.9 Å². The van der Waals surface area contributed by atoms with Gasteiger partial charge >= 0.3 is 30.2 Å². The molecule has 0 aromatic carbocycles. The minimum Gasteiger partial charge on any atom is -0.439 e. The maximum Gasteiger partial charge on any atom is 0.483 e. The van der Waals surface area contributed by atoms with Crippen LogP contribution in [0.4, 0.5) is 43.9 Å². The van der Waals surface area contributed by atoms with Crippen LogP contribution >= 0.6 is 0 Å². The maximum atomic E-state index is 13.2. The molecule has 1 aliphatic rings. The fourth-order valence-electron chi connectivity index (χ4n) is 0.896. The largest absolute Gasteiger partial charge is 0.483 e. The molecule has 0 fully saturated rings. The van der Waals surface area contributed by atoms with E-state index in [-0.39, 0.29) is 0 Å². The van der Waals surface area contributed by atoms with E-state index in [1.807, 2.05) is 0 Å². The van der Waals surface area contributed by atoms with Gasteiger partial charge in [-0.05, 0) is 0 Å². The van der Waals surface area contributed by atoms with Crippen molar-refractivity contribution in [3.63, 3.8) is 0 Å². The topological polar surface area (TPSA) is 18.5 Å². The summed E-state index contributed by atoms with van der Waals surface area (Å²) in [6.07, 6.45) is -14.3. The van der Waals surface area contributed by atoms with Crippen LogP contribution in [0.1, 0.15) is 0 Å². The molecule has 0 radical (unpaired) electrons. The average molecular weight is 308 g/mol. The number of hydrogen-bond acceptors (Lipinski definition) is 2. The summed E-state index contributed by atoms with van der Waals surface area (Å²) in [4.78, 5) is 0. The second-order valence-corrected chi connectivity index (χ2v) is 3.27. The van der Waals surface area contributed by atoms with Gasteiger partial charge in [0.1, 0.15) is 0 Å². The average Bonchev–Trinajstić information content (AvgIpc) is 2.11. The third-order valence-corrected chi connectivity index (χ3v) is 1.88. The van der Waals surface area contributed by atoms with Crippen LogP contribution < -0.4 is 0 Å². The Morgan fingerprint density at radius 1 is 0.895 bits per heavy atom. The van der Waals surface area contributed by atoms with E-state index >= 15 is 0 Å². The van der Waals surface area contributed by atoms with Crippen LogP contribution in [0, 0.1) is 0 Å². The van der Waals surface area contributed by atoms with E-state index in [4.69, 9.17) is 0 Å². The lowest BCUT2D eigenvalue weighted by Gasteiger charge is -2.39. The molecule has 0 amide bonds. The van der Waals surface area contributed by atoms with E-state index in [2.05, 4.69) is 9.47 Å². The summed E-state index contributed by atoms with van der Waals surface area (Å²) in [7, 11) is 0. The van der Waals surface area contributed by atoms with Gasteiger partial charge in [0.15, 0.2) is 0 Å². The molecule has 0 aromatic heterocycles. The molecule has 0 N–H and O–H groups in total. The van der Waals surface area contributed by atoms with Gasteiger partial charge in [0.25, 0.3) is 0 Å². The Balaban J connectivity index is 3.16. The van der Waals surface area contributed by atoms with E-state index in [0.717, 1.165) is 0 Å². The molecule has 1 unspecified atom stereocenters. The Hall–Kier alpha value is -1.20. The number of ether oxygens (including phenoxy) is 2. The smallest absolute Gasteiger partial charge is 0.439 e. The van der Waals surface area contributed by atoms with Gasteiger partial charge in [-0.1, -0.05) is 0 Å². The number of halogens is 10. The van der Waals surface area contributed by atoms with E-state index in [1.54, 1.807) is 0 Å². The van der Waals surface area contributed by atoms with E-state index in [0.29, 0.717) is 0 Å². The highest BCUT2D eigenvalue weighted by atomic mass is 19.4. The van der Waals surface area contributed by atoms with Crippen LogP contribution in [-0.2, 0) is 9.47 Å². The van der Waals surface area contributed by atoms with Gasteiger partial charge in [-0.25, -0.2) is 4.74 Å². The first-order valence-corrected chi connectivity index (χ1v) is 4.11. The van der Waals surface area contributed by atoms with Gasteiger partial charge in [0.05, 0.1) is 6.26 Å². The van der Waals surface area contributed by atoms with Crippen LogP contribution in [-0.4, -0.2) is 30.2 Å². The Bertz CT molecular complexity index is 386. The molecule has 1 rings (SSSR count). The summed E-state index contributed by atoms with van der Waals surface area (Å²) in [5.74, 6) is -11.5. The molecule has 1 aliphatic heterocycles. The standard InChI is InChI=1S/C7H2F10O2/c8-3(9)1-2-18-7(17,4(3,10)11)19-6(15,16)5(12,13)14/h1-2H. The first-order chi connectivity index (χ1) is 8.16. The molecular weight excluding hydrogens is 306 g/mol. The molecule has 0 spiro atoms. The summed E-state index contributed by atoms with van der Waals surface area (Å²) in [6.45, 7) is 0. The molecule has 0 saturated heterocycles. The first-order valence-electron chi connectivity index (χ1n) is 4.11. The van der Waals surface area contributed by atoms with E-state index in [1.165, 1.54) is 0 Å². The van der Waals surface area contributed by atoms with Crippen molar-refractivity contribution in [3.8, 4) is 0 Å². The highest BCUT2D eigenvalue weighted by molar-refractivity contribution is 5.09. The normalized spacial score (nSPS) is 30.0. The van der Waals surface area contributed by atoms with Gasteiger partial charge < -0.3 is 4.74 Å². The molecule has 2 nitrogen and oxygen atoms in total. The van der Waals surface area contributed by atoms with Crippen molar-refractivity contribution in [1.82, 2.24) is 0 Å². The summed E-state index contributed by atoms with van der Waals surface area (Å²) >= 11 is 0. The Morgan fingerprint density at radius 2 is 1.37 bits per heavy atom. The van der Waals surface area contributed by atoms with Crippen LogP contribution in [0.15, 0.2) is 12.3 Å². The second-order valence-electron chi connectivity index (χ2n) is 3.27. The lowest BCUT2D eigenvalue weighted by atomic mass is 10.1. The summed E-state index contributed by atoms with van der Waals surface area (Å²) in [5.41, 5.74) is 0. The minimum atomic E-state index is -6.61. The lowest BCUT2D eigenvalue weighted by Crippen LogP contribution is -2.63. The Labute approximate surface area is 97.1 Å². The molecule has 0 aromatic rings. The molecule has 1 atom stereocenters. The Kier molecular flexibility index (Phi) is 3.25. The Morgan fingerprint density at radius 3 is 1.79 bits per heavy atom. The summed E-state index contributed by atoms with van der Waals surface area (Å²) in [6, 6.07) is -5.69. The molecule has 0 saturated carbocycles. The minimum absolute atomic E-state index is 0.510. The van der Waals surface area contributed by atoms with Crippen LogP contribution in [0.25, 0.3) is 0 Å². The number of alkyl halides is 10. The lowest BCUT2D eigenvalue weighted by molar-refractivity contribution is -0.519. The van der Waals surface area contributed by atoms with Crippen molar-refractivity contribution in [1.29, 1.82) is 0 Å². The number of hydrogen-bond donors (Lipinski definition) is 0.